The average molecular weight is 366 g/mol. The van der Waals surface area contributed by atoms with Crippen molar-refractivity contribution >= 4 is 17.6 Å². The largest absolute Gasteiger partial charge is 0.416 e. The summed E-state index contributed by atoms with van der Waals surface area (Å²) in [6.45, 7) is 2.09. The number of anilines is 1. The fourth-order valence-corrected chi connectivity index (χ4v) is 2.84. The van der Waals surface area contributed by atoms with Gasteiger partial charge in [-0.1, -0.05) is 6.07 Å². The second-order valence-corrected chi connectivity index (χ2v) is 6.16. The first-order valence-electron chi connectivity index (χ1n) is 8.06. The van der Waals surface area contributed by atoms with Crippen molar-refractivity contribution in [2.45, 2.75) is 25.9 Å². The summed E-state index contributed by atoms with van der Waals surface area (Å²) in [5, 5.41) is 9.50. The highest BCUT2D eigenvalue weighted by molar-refractivity contribution is 5.95. The molecule has 0 aliphatic carbocycles. The van der Waals surface area contributed by atoms with Crippen LogP contribution in [0.4, 0.5) is 19.0 Å². The molecule has 9 heteroatoms. The molecule has 26 heavy (non-hydrogen) atoms. The molecule has 1 aliphatic rings. The molecule has 2 N–H and O–H groups in total. The van der Waals surface area contributed by atoms with Gasteiger partial charge in [-0.2, -0.15) is 18.3 Å². The molecule has 6 nitrogen and oxygen atoms in total. The number of carbonyl (C=O) groups excluding carboxylic acids is 2. The SMILES string of the molecule is Cc1cc(NC(=O)C2CCNC(=O)C2)n(-c2cccc(C(F)(F)F)c2)n1. The quantitative estimate of drug-likeness (QED) is 0.877. The molecule has 1 unspecified atom stereocenters. The van der Waals surface area contributed by atoms with Gasteiger partial charge < -0.3 is 10.6 Å². The fourth-order valence-electron chi connectivity index (χ4n) is 2.84. The second kappa shape index (κ2) is 6.81. The Balaban J connectivity index is 1.87. The first kappa shape index (κ1) is 18.0. The molecule has 138 valence electrons. The molecule has 1 fully saturated rings. The van der Waals surface area contributed by atoms with Crippen molar-refractivity contribution in [3.63, 3.8) is 0 Å². The highest BCUT2D eigenvalue weighted by Crippen LogP contribution is 2.31. The first-order chi connectivity index (χ1) is 12.2. The molecule has 1 aromatic carbocycles. The number of nitrogens with one attached hydrogen (secondary N) is 2. The van der Waals surface area contributed by atoms with E-state index >= 15 is 0 Å². The maximum atomic E-state index is 12.9. The Bertz CT molecular complexity index is 845. The molecule has 0 spiro atoms. The Hall–Kier alpha value is -2.84. The Morgan fingerprint density at radius 1 is 1.35 bits per heavy atom. The lowest BCUT2D eigenvalue weighted by molar-refractivity contribution is -0.137. The summed E-state index contributed by atoms with van der Waals surface area (Å²) in [7, 11) is 0. The fraction of sp³-hybridized carbons (Fsp3) is 0.353. The Labute approximate surface area is 147 Å². The average Bonchev–Trinajstić information content (AvgIpc) is 2.94. The standard InChI is InChI=1S/C17H17F3N4O2/c1-10-7-14(22-16(26)11-5-6-21-15(25)8-11)24(23-10)13-4-2-3-12(9-13)17(18,19)20/h2-4,7,9,11H,5-6,8H2,1H3,(H,21,25)(H,22,26). The highest BCUT2D eigenvalue weighted by Gasteiger charge is 2.31. The van der Waals surface area contributed by atoms with Crippen LogP contribution in [0, 0.1) is 12.8 Å². The van der Waals surface area contributed by atoms with Gasteiger partial charge in [-0.25, -0.2) is 4.68 Å². The minimum Gasteiger partial charge on any atom is -0.356 e. The Morgan fingerprint density at radius 3 is 2.81 bits per heavy atom. The Morgan fingerprint density at radius 2 is 2.12 bits per heavy atom. The van der Waals surface area contributed by atoms with E-state index < -0.39 is 17.7 Å². The van der Waals surface area contributed by atoms with Gasteiger partial charge in [-0.05, 0) is 31.5 Å². The lowest BCUT2D eigenvalue weighted by atomic mass is 9.97. The summed E-state index contributed by atoms with van der Waals surface area (Å²) >= 11 is 0. The van der Waals surface area contributed by atoms with Crippen molar-refractivity contribution in [1.29, 1.82) is 0 Å². The third-order valence-corrected chi connectivity index (χ3v) is 4.12. The van der Waals surface area contributed by atoms with E-state index in [0.29, 0.717) is 18.7 Å². The van der Waals surface area contributed by atoms with Crippen LogP contribution in [0.5, 0.6) is 0 Å². The number of alkyl halides is 3. The predicted molar refractivity (Wildman–Crippen MR) is 87.7 cm³/mol. The molecule has 1 aromatic heterocycles. The predicted octanol–water partition coefficient (Wildman–Crippen LogP) is 2.66. The monoisotopic (exact) mass is 366 g/mol. The molecule has 1 aliphatic heterocycles. The maximum Gasteiger partial charge on any atom is 0.416 e. The molecular formula is C17H17F3N4O2. The molecule has 1 saturated heterocycles. The van der Waals surface area contributed by atoms with Crippen molar-refractivity contribution in [2.24, 2.45) is 5.92 Å². The van der Waals surface area contributed by atoms with Gasteiger partial charge >= 0.3 is 6.18 Å². The van der Waals surface area contributed by atoms with Crippen LogP contribution < -0.4 is 10.6 Å². The van der Waals surface area contributed by atoms with E-state index in [1.807, 2.05) is 0 Å². The number of halogens is 3. The van der Waals surface area contributed by atoms with Crippen molar-refractivity contribution in [3.05, 3.63) is 41.6 Å². The van der Waals surface area contributed by atoms with Gasteiger partial charge in [0.25, 0.3) is 0 Å². The number of aromatic nitrogens is 2. The number of rotatable bonds is 3. The summed E-state index contributed by atoms with van der Waals surface area (Å²) in [5.41, 5.74) is -0.0758. The van der Waals surface area contributed by atoms with Crippen LogP contribution in [0.25, 0.3) is 5.69 Å². The number of hydrogen-bond acceptors (Lipinski definition) is 3. The summed E-state index contributed by atoms with van der Waals surface area (Å²) in [6.07, 6.45) is -3.88. The number of piperidine rings is 1. The second-order valence-electron chi connectivity index (χ2n) is 6.16. The summed E-state index contributed by atoms with van der Waals surface area (Å²) in [6, 6.07) is 6.27. The van der Waals surface area contributed by atoms with Gasteiger partial charge in [0.2, 0.25) is 11.8 Å². The van der Waals surface area contributed by atoms with Crippen LogP contribution >= 0.6 is 0 Å². The van der Waals surface area contributed by atoms with Crippen molar-refractivity contribution in [3.8, 4) is 5.69 Å². The highest BCUT2D eigenvalue weighted by atomic mass is 19.4. The topological polar surface area (TPSA) is 76.0 Å². The number of benzene rings is 1. The number of amides is 2. The van der Waals surface area contributed by atoms with Gasteiger partial charge in [0, 0.05) is 24.9 Å². The smallest absolute Gasteiger partial charge is 0.356 e. The zero-order valence-electron chi connectivity index (χ0n) is 13.9. The summed E-state index contributed by atoms with van der Waals surface area (Å²) in [4.78, 5) is 23.9. The van der Waals surface area contributed by atoms with Crippen LogP contribution in [-0.2, 0) is 15.8 Å². The molecule has 2 aromatic rings. The molecule has 0 saturated carbocycles. The van der Waals surface area contributed by atoms with Crippen LogP contribution in [-0.4, -0.2) is 28.1 Å². The lowest BCUT2D eigenvalue weighted by Gasteiger charge is -2.21. The molecule has 3 rings (SSSR count). The number of aryl methyl sites for hydroxylation is 1. The van der Waals surface area contributed by atoms with Gasteiger partial charge in [0.1, 0.15) is 5.82 Å². The minimum absolute atomic E-state index is 0.0858. The molecule has 1 atom stereocenters. The number of nitrogens with zero attached hydrogens (tertiary/aromatic N) is 2. The number of carbonyl (C=O) groups is 2. The van der Waals surface area contributed by atoms with Gasteiger partial charge in [0.05, 0.1) is 16.9 Å². The van der Waals surface area contributed by atoms with E-state index in [1.54, 1.807) is 13.0 Å². The van der Waals surface area contributed by atoms with Crippen molar-refractivity contribution < 1.29 is 22.8 Å². The van der Waals surface area contributed by atoms with Gasteiger partial charge in [-0.15, -0.1) is 0 Å². The lowest BCUT2D eigenvalue weighted by Crippen LogP contribution is -2.38. The van der Waals surface area contributed by atoms with Crippen LogP contribution in [0.3, 0.4) is 0 Å². The van der Waals surface area contributed by atoms with Crippen LogP contribution in [0.2, 0.25) is 0 Å². The third kappa shape index (κ3) is 3.87. The van der Waals surface area contributed by atoms with Crippen molar-refractivity contribution in [1.82, 2.24) is 15.1 Å². The number of hydrogen-bond donors (Lipinski definition) is 2. The molecular weight excluding hydrogens is 349 g/mol. The van der Waals surface area contributed by atoms with E-state index in [-0.39, 0.29) is 29.7 Å². The van der Waals surface area contributed by atoms with Gasteiger partial charge in [0.15, 0.2) is 0 Å². The minimum atomic E-state index is -4.48. The van der Waals surface area contributed by atoms with E-state index in [2.05, 4.69) is 15.7 Å². The van der Waals surface area contributed by atoms with Crippen LogP contribution in [0.15, 0.2) is 30.3 Å². The normalized spacial score (nSPS) is 17.7. The molecule has 0 bridgehead atoms. The summed E-state index contributed by atoms with van der Waals surface area (Å²) < 4.78 is 40.1. The maximum absolute atomic E-state index is 12.9. The van der Waals surface area contributed by atoms with E-state index in [0.717, 1.165) is 12.1 Å². The third-order valence-electron chi connectivity index (χ3n) is 4.12. The molecule has 2 heterocycles. The molecule has 0 radical (unpaired) electrons. The van der Waals surface area contributed by atoms with Crippen LogP contribution in [0.1, 0.15) is 24.1 Å². The zero-order valence-corrected chi connectivity index (χ0v) is 13.9. The molecule has 2 amide bonds. The van der Waals surface area contributed by atoms with E-state index in [4.69, 9.17) is 0 Å². The van der Waals surface area contributed by atoms with E-state index in [1.165, 1.54) is 16.8 Å². The summed E-state index contributed by atoms with van der Waals surface area (Å²) in [5.74, 6) is -0.765. The van der Waals surface area contributed by atoms with Crippen molar-refractivity contribution in [2.75, 3.05) is 11.9 Å². The Kier molecular flexibility index (Phi) is 4.71. The van der Waals surface area contributed by atoms with Gasteiger partial charge in [-0.3, -0.25) is 9.59 Å². The zero-order chi connectivity index (χ0) is 18.9. The first-order valence-corrected chi connectivity index (χ1v) is 8.06. The van der Waals surface area contributed by atoms with E-state index in [9.17, 15) is 22.8 Å².